The summed E-state index contributed by atoms with van der Waals surface area (Å²) < 4.78 is 7.08. The molecule has 0 fully saturated rings. The molecule has 0 bridgehead atoms. The van der Waals surface area contributed by atoms with Gasteiger partial charge >= 0.3 is 6.09 Å². The van der Waals surface area contributed by atoms with E-state index in [0.717, 1.165) is 37.6 Å². The van der Waals surface area contributed by atoms with E-state index < -0.39 is 11.7 Å². The minimum Gasteiger partial charge on any atom is -0.444 e. The molecule has 8 nitrogen and oxygen atoms in total. The van der Waals surface area contributed by atoms with Gasteiger partial charge in [-0.15, -0.1) is 24.0 Å². The van der Waals surface area contributed by atoms with Gasteiger partial charge in [-0.1, -0.05) is 0 Å². The number of carbonyl (C=O) groups is 1. The van der Waals surface area contributed by atoms with Gasteiger partial charge in [-0.2, -0.15) is 5.10 Å². The molecule has 1 rings (SSSR count). The molecule has 1 amide bonds. The molecule has 0 saturated carbocycles. The molecule has 0 aromatic carbocycles. The number of hydrogen-bond donors (Lipinski definition) is 3. The third-order valence-electron chi connectivity index (χ3n) is 3.01. The van der Waals surface area contributed by atoms with Crippen LogP contribution in [0.4, 0.5) is 4.79 Å². The highest BCUT2D eigenvalue weighted by molar-refractivity contribution is 14.0. The van der Waals surface area contributed by atoms with Crippen LogP contribution in [0.5, 0.6) is 0 Å². The molecule has 0 unspecified atom stereocenters. The molecule has 0 saturated heterocycles. The number of aryl methyl sites for hydroxylation is 1. The van der Waals surface area contributed by atoms with Crippen molar-refractivity contribution >= 4 is 36.0 Å². The lowest BCUT2D eigenvalue weighted by molar-refractivity contribution is 0.0527. The zero-order valence-electron chi connectivity index (χ0n) is 16.5. The van der Waals surface area contributed by atoms with Crippen LogP contribution in [0.25, 0.3) is 0 Å². The topological polar surface area (TPSA) is 92.6 Å². The van der Waals surface area contributed by atoms with Crippen LogP contribution in [0, 0.1) is 6.92 Å². The smallest absolute Gasteiger partial charge is 0.407 e. The summed E-state index contributed by atoms with van der Waals surface area (Å²) in [6, 6.07) is 0. The molecular weight excluding hydrogens is 447 g/mol. The predicted molar refractivity (Wildman–Crippen MR) is 115 cm³/mol. The van der Waals surface area contributed by atoms with E-state index in [1.807, 2.05) is 51.7 Å². The van der Waals surface area contributed by atoms with Gasteiger partial charge in [0.1, 0.15) is 5.60 Å². The maximum absolute atomic E-state index is 11.5. The van der Waals surface area contributed by atoms with Gasteiger partial charge in [0.15, 0.2) is 5.96 Å². The number of nitrogens with one attached hydrogen (secondary N) is 3. The Bertz CT molecular complexity index is 554. The van der Waals surface area contributed by atoms with Crippen LogP contribution in [0.1, 0.15) is 39.7 Å². The number of ether oxygens (including phenoxy) is 1. The first-order valence-corrected chi connectivity index (χ1v) is 8.78. The van der Waals surface area contributed by atoms with Crippen molar-refractivity contribution in [1.29, 1.82) is 0 Å². The summed E-state index contributed by atoms with van der Waals surface area (Å²) in [5, 5.41) is 13.5. The average Bonchev–Trinajstić information content (AvgIpc) is 2.90. The molecule has 1 aromatic heterocycles. The molecule has 9 heteroatoms. The van der Waals surface area contributed by atoms with Crippen LogP contribution in [-0.2, 0) is 11.3 Å². The first kappa shape index (κ1) is 24.5. The lowest BCUT2D eigenvalue weighted by Gasteiger charge is -2.19. The molecule has 1 heterocycles. The van der Waals surface area contributed by atoms with E-state index in [2.05, 4.69) is 26.0 Å². The van der Waals surface area contributed by atoms with Crippen molar-refractivity contribution in [2.75, 3.05) is 26.2 Å². The maximum Gasteiger partial charge on any atom is 0.407 e. The Morgan fingerprint density at radius 1 is 1.27 bits per heavy atom. The van der Waals surface area contributed by atoms with Gasteiger partial charge in [-0.05, 0) is 46.6 Å². The Balaban J connectivity index is 0.00000625. The minimum atomic E-state index is -0.475. The number of alkyl carbamates (subject to hydrolysis) is 1. The van der Waals surface area contributed by atoms with Crippen LogP contribution in [0.3, 0.4) is 0 Å². The molecule has 26 heavy (non-hydrogen) atoms. The highest BCUT2D eigenvalue weighted by Crippen LogP contribution is 2.06. The van der Waals surface area contributed by atoms with E-state index in [1.54, 1.807) is 0 Å². The fourth-order valence-electron chi connectivity index (χ4n) is 1.99. The second kappa shape index (κ2) is 12.8. The molecule has 0 radical (unpaired) electrons. The Hall–Kier alpha value is -1.52. The second-order valence-corrected chi connectivity index (χ2v) is 6.75. The Kier molecular flexibility index (Phi) is 12.0. The zero-order chi connectivity index (χ0) is 18.7. The molecule has 1 aromatic rings. The van der Waals surface area contributed by atoms with Crippen molar-refractivity contribution in [3.05, 3.63) is 18.0 Å². The quantitative estimate of drug-likeness (QED) is 0.230. The van der Waals surface area contributed by atoms with E-state index >= 15 is 0 Å². The number of carbonyl (C=O) groups excluding carboxylic acids is 1. The van der Waals surface area contributed by atoms with Crippen LogP contribution in [-0.4, -0.2) is 53.6 Å². The lowest BCUT2D eigenvalue weighted by atomic mass is 10.2. The van der Waals surface area contributed by atoms with Crippen molar-refractivity contribution in [2.24, 2.45) is 4.99 Å². The van der Waals surface area contributed by atoms with Gasteiger partial charge < -0.3 is 20.7 Å². The van der Waals surface area contributed by atoms with Gasteiger partial charge in [-0.3, -0.25) is 9.67 Å². The number of amides is 1. The van der Waals surface area contributed by atoms with E-state index in [9.17, 15) is 4.79 Å². The molecular formula is C17H33IN6O2. The molecule has 0 aliphatic carbocycles. The monoisotopic (exact) mass is 480 g/mol. The second-order valence-electron chi connectivity index (χ2n) is 6.75. The van der Waals surface area contributed by atoms with Gasteiger partial charge in [0, 0.05) is 32.4 Å². The van der Waals surface area contributed by atoms with E-state index in [1.165, 1.54) is 0 Å². The summed E-state index contributed by atoms with van der Waals surface area (Å²) in [5.41, 5.74) is 0.676. The largest absolute Gasteiger partial charge is 0.444 e. The lowest BCUT2D eigenvalue weighted by Crippen LogP contribution is -2.39. The van der Waals surface area contributed by atoms with Gasteiger partial charge in [0.05, 0.1) is 12.7 Å². The van der Waals surface area contributed by atoms with Crippen LogP contribution < -0.4 is 16.0 Å². The van der Waals surface area contributed by atoms with E-state index in [-0.39, 0.29) is 24.0 Å². The van der Waals surface area contributed by atoms with Crippen molar-refractivity contribution in [2.45, 2.75) is 53.2 Å². The SMILES string of the molecule is CCNC(=NCCCNC(=O)OC(C)(C)C)NCCn1cc(C)cn1.I. The average molecular weight is 480 g/mol. The van der Waals surface area contributed by atoms with Crippen molar-refractivity contribution < 1.29 is 9.53 Å². The van der Waals surface area contributed by atoms with Gasteiger partial charge in [-0.25, -0.2) is 4.79 Å². The first-order chi connectivity index (χ1) is 11.8. The molecule has 0 aliphatic heterocycles. The Morgan fingerprint density at radius 2 is 2.00 bits per heavy atom. The third-order valence-corrected chi connectivity index (χ3v) is 3.01. The number of halogens is 1. The summed E-state index contributed by atoms with van der Waals surface area (Å²) >= 11 is 0. The zero-order valence-corrected chi connectivity index (χ0v) is 18.8. The molecule has 0 spiro atoms. The molecule has 0 aliphatic rings. The number of rotatable bonds is 8. The van der Waals surface area contributed by atoms with Crippen LogP contribution >= 0.6 is 24.0 Å². The fourth-order valence-corrected chi connectivity index (χ4v) is 1.99. The summed E-state index contributed by atoms with van der Waals surface area (Å²) in [6.07, 6.45) is 4.20. The normalized spacial score (nSPS) is 11.5. The summed E-state index contributed by atoms with van der Waals surface area (Å²) in [5.74, 6) is 0.767. The molecule has 0 atom stereocenters. The number of guanidine groups is 1. The summed E-state index contributed by atoms with van der Waals surface area (Å²) in [4.78, 5) is 16.0. The van der Waals surface area contributed by atoms with E-state index in [4.69, 9.17) is 4.74 Å². The standard InChI is InChI=1S/C17H32N6O2.HI/c1-6-18-15(20-10-11-23-13-14(2)12-22-23)19-8-7-9-21-16(24)25-17(3,4)5;/h12-13H,6-11H2,1-5H3,(H,21,24)(H2,18,19,20);1H. The van der Waals surface area contributed by atoms with Gasteiger partial charge in [0.25, 0.3) is 0 Å². The summed E-state index contributed by atoms with van der Waals surface area (Å²) in [7, 11) is 0. The molecule has 3 N–H and O–H groups in total. The van der Waals surface area contributed by atoms with Crippen molar-refractivity contribution in [1.82, 2.24) is 25.7 Å². The number of aliphatic imine (C=N–C) groups is 1. The number of nitrogens with zero attached hydrogens (tertiary/aromatic N) is 3. The van der Waals surface area contributed by atoms with Crippen LogP contribution in [0.2, 0.25) is 0 Å². The van der Waals surface area contributed by atoms with E-state index in [0.29, 0.717) is 13.1 Å². The minimum absolute atomic E-state index is 0. The third kappa shape index (κ3) is 11.9. The highest BCUT2D eigenvalue weighted by Gasteiger charge is 2.15. The number of aromatic nitrogens is 2. The predicted octanol–water partition coefficient (Wildman–Crippen LogP) is 2.28. The summed E-state index contributed by atoms with van der Waals surface area (Å²) in [6.45, 7) is 13.0. The maximum atomic E-state index is 11.5. The first-order valence-electron chi connectivity index (χ1n) is 8.78. The Labute approximate surface area is 173 Å². The highest BCUT2D eigenvalue weighted by atomic mass is 127. The van der Waals surface area contributed by atoms with Crippen molar-refractivity contribution in [3.8, 4) is 0 Å². The van der Waals surface area contributed by atoms with Gasteiger partial charge in [0.2, 0.25) is 0 Å². The van der Waals surface area contributed by atoms with Crippen LogP contribution in [0.15, 0.2) is 17.4 Å². The number of hydrogen-bond acceptors (Lipinski definition) is 4. The molecule has 150 valence electrons. The fraction of sp³-hybridized carbons (Fsp3) is 0.706. The van der Waals surface area contributed by atoms with Crippen molar-refractivity contribution in [3.63, 3.8) is 0 Å². The Morgan fingerprint density at radius 3 is 2.58 bits per heavy atom.